The predicted molar refractivity (Wildman–Crippen MR) is 106 cm³/mol. The second-order valence-electron chi connectivity index (χ2n) is 6.69. The van der Waals surface area contributed by atoms with Crippen molar-refractivity contribution in [1.29, 1.82) is 0 Å². The summed E-state index contributed by atoms with van der Waals surface area (Å²) in [4.78, 5) is 34.4. The lowest BCUT2D eigenvalue weighted by Crippen LogP contribution is -2.42. The molecule has 1 aromatic heterocycles. The Hall–Kier alpha value is -3.16. The summed E-state index contributed by atoms with van der Waals surface area (Å²) in [5.41, 5.74) is 2.14. The molecule has 28 heavy (non-hydrogen) atoms. The highest BCUT2D eigenvalue weighted by atomic mass is 16.6. The van der Waals surface area contributed by atoms with Crippen molar-refractivity contribution in [1.82, 2.24) is 14.9 Å². The molecule has 0 bridgehead atoms. The van der Waals surface area contributed by atoms with Gasteiger partial charge in [0.05, 0.1) is 6.61 Å². The Morgan fingerprint density at radius 3 is 2.57 bits per heavy atom. The van der Waals surface area contributed by atoms with E-state index in [1.165, 1.54) is 0 Å². The maximum Gasteiger partial charge on any atom is 0.409 e. The topological polar surface area (TPSA) is 96.5 Å². The first-order chi connectivity index (χ1) is 13.5. The third kappa shape index (κ3) is 5.18. The number of nitrogens with zero attached hydrogens (tertiary/aromatic N) is 3. The van der Waals surface area contributed by atoms with Crippen molar-refractivity contribution in [3.63, 3.8) is 0 Å². The fourth-order valence-corrected chi connectivity index (χ4v) is 2.99. The highest BCUT2D eigenvalue weighted by Gasteiger charge is 2.24. The maximum atomic E-state index is 12.4. The predicted octanol–water partition coefficient (Wildman–Crippen LogP) is 3.07. The molecule has 0 spiro atoms. The molecule has 0 saturated carbocycles. The summed E-state index contributed by atoms with van der Waals surface area (Å²) in [5, 5.41) is 6.09. The molecule has 8 nitrogen and oxygen atoms in total. The van der Waals surface area contributed by atoms with Crippen LogP contribution in [-0.2, 0) is 4.74 Å². The standard InChI is InChI=1S/C20H25N5O3/c1-3-28-20(27)25-12-9-16(10-13-25)23-19-21-11-8-17(24-19)18(26)22-15-6-4-14(2)5-7-15/h4-8,11,16H,3,9-10,12-13H2,1-2H3,(H,22,26)(H,21,23,24). The van der Waals surface area contributed by atoms with Crippen molar-refractivity contribution in [3.05, 3.63) is 47.8 Å². The van der Waals surface area contributed by atoms with E-state index in [0.717, 1.165) is 24.1 Å². The maximum absolute atomic E-state index is 12.4. The van der Waals surface area contributed by atoms with Crippen LogP contribution in [0.5, 0.6) is 0 Å². The highest BCUT2D eigenvalue weighted by Crippen LogP contribution is 2.16. The number of carbonyl (C=O) groups is 2. The largest absolute Gasteiger partial charge is 0.450 e. The van der Waals surface area contributed by atoms with Gasteiger partial charge >= 0.3 is 6.09 Å². The number of benzene rings is 1. The molecule has 2 aromatic rings. The zero-order chi connectivity index (χ0) is 19.9. The molecular formula is C20H25N5O3. The van der Waals surface area contributed by atoms with E-state index >= 15 is 0 Å². The summed E-state index contributed by atoms with van der Waals surface area (Å²) < 4.78 is 5.03. The van der Waals surface area contributed by atoms with Gasteiger partial charge < -0.3 is 20.3 Å². The van der Waals surface area contributed by atoms with Crippen molar-refractivity contribution in [2.45, 2.75) is 32.7 Å². The summed E-state index contributed by atoms with van der Waals surface area (Å²) in [5.74, 6) is 0.123. The fraction of sp³-hybridized carbons (Fsp3) is 0.400. The lowest BCUT2D eigenvalue weighted by atomic mass is 10.1. The van der Waals surface area contributed by atoms with Crippen molar-refractivity contribution in [3.8, 4) is 0 Å². The van der Waals surface area contributed by atoms with Gasteiger partial charge in [-0.2, -0.15) is 0 Å². The number of hydrogen-bond acceptors (Lipinski definition) is 6. The summed E-state index contributed by atoms with van der Waals surface area (Å²) in [6.07, 6.45) is 2.82. The van der Waals surface area contributed by atoms with Crippen LogP contribution in [0, 0.1) is 6.92 Å². The first-order valence-electron chi connectivity index (χ1n) is 9.44. The van der Waals surface area contributed by atoms with Crippen LogP contribution in [0.2, 0.25) is 0 Å². The second-order valence-corrected chi connectivity index (χ2v) is 6.69. The number of rotatable bonds is 5. The normalized spacial score (nSPS) is 14.4. The molecule has 2 heterocycles. The number of likely N-dealkylation sites (tertiary alicyclic amines) is 1. The molecule has 0 radical (unpaired) electrons. The Kier molecular flexibility index (Phi) is 6.41. The van der Waals surface area contributed by atoms with Crippen LogP contribution in [0.4, 0.5) is 16.4 Å². The molecule has 0 unspecified atom stereocenters. The van der Waals surface area contributed by atoms with Gasteiger partial charge in [0.25, 0.3) is 5.91 Å². The Morgan fingerprint density at radius 2 is 1.89 bits per heavy atom. The van der Waals surface area contributed by atoms with Crippen molar-refractivity contribution < 1.29 is 14.3 Å². The molecule has 2 N–H and O–H groups in total. The lowest BCUT2D eigenvalue weighted by molar-refractivity contribution is 0.0980. The van der Waals surface area contributed by atoms with Gasteiger partial charge in [-0.3, -0.25) is 4.79 Å². The number of hydrogen-bond donors (Lipinski definition) is 2. The van der Waals surface area contributed by atoms with Crippen LogP contribution in [0.1, 0.15) is 35.8 Å². The first kappa shape index (κ1) is 19.6. The minimum Gasteiger partial charge on any atom is -0.450 e. The summed E-state index contributed by atoms with van der Waals surface area (Å²) in [6.45, 7) is 5.40. The summed E-state index contributed by atoms with van der Waals surface area (Å²) in [6, 6.07) is 9.30. The number of amides is 2. The van der Waals surface area contributed by atoms with E-state index in [0.29, 0.717) is 31.3 Å². The Labute approximate surface area is 164 Å². The van der Waals surface area contributed by atoms with Crippen LogP contribution < -0.4 is 10.6 Å². The van der Waals surface area contributed by atoms with Gasteiger partial charge in [-0.15, -0.1) is 0 Å². The van der Waals surface area contributed by atoms with E-state index in [1.807, 2.05) is 31.2 Å². The fourth-order valence-electron chi connectivity index (χ4n) is 2.99. The molecule has 2 amide bonds. The SMILES string of the molecule is CCOC(=O)N1CCC(Nc2nccc(C(=O)Nc3ccc(C)cc3)n2)CC1. The molecule has 148 valence electrons. The van der Waals surface area contributed by atoms with Crippen LogP contribution >= 0.6 is 0 Å². The van der Waals surface area contributed by atoms with Gasteiger partial charge in [-0.25, -0.2) is 14.8 Å². The minimum atomic E-state index is -0.286. The Morgan fingerprint density at radius 1 is 1.18 bits per heavy atom. The number of nitrogens with one attached hydrogen (secondary N) is 2. The lowest BCUT2D eigenvalue weighted by Gasteiger charge is -2.31. The second kappa shape index (κ2) is 9.16. The van der Waals surface area contributed by atoms with Crippen LogP contribution in [0.3, 0.4) is 0 Å². The van der Waals surface area contributed by atoms with Gasteiger partial charge in [-0.05, 0) is 44.9 Å². The molecule has 0 atom stereocenters. The number of aryl methyl sites for hydroxylation is 1. The molecule has 0 aliphatic carbocycles. The zero-order valence-electron chi connectivity index (χ0n) is 16.1. The van der Waals surface area contributed by atoms with Crippen molar-refractivity contribution in [2.75, 3.05) is 30.3 Å². The van der Waals surface area contributed by atoms with Gasteiger partial charge in [0.2, 0.25) is 5.95 Å². The first-order valence-corrected chi connectivity index (χ1v) is 9.44. The summed E-state index contributed by atoms with van der Waals surface area (Å²) >= 11 is 0. The molecule has 1 aromatic carbocycles. The highest BCUT2D eigenvalue weighted by molar-refractivity contribution is 6.02. The van der Waals surface area contributed by atoms with Crippen LogP contribution in [0.15, 0.2) is 36.5 Å². The number of aromatic nitrogens is 2. The van der Waals surface area contributed by atoms with Gasteiger partial charge in [-0.1, -0.05) is 17.7 Å². The van der Waals surface area contributed by atoms with Crippen LogP contribution in [0.25, 0.3) is 0 Å². The summed E-state index contributed by atoms with van der Waals surface area (Å²) in [7, 11) is 0. The van der Waals surface area contributed by atoms with Gasteiger partial charge in [0.1, 0.15) is 5.69 Å². The third-order valence-corrected chi connectivity index (χ3v) is 4.55. The van der Waals surface area contributed by atoms with E-state index in [-0.39, 0.29) is 18.0 Å². The Bertz CT molecular complexity index is 817. The number of anilines is 2. The van der Waals surface area contributed by atoms with Crippen molar-refractivity contribution in [2.24, 2.45) is 0 Å². The molecule has 1 fully saturated rings. The number of carbonyl (C=O) groups excluding carboxylic acids is 2. The number of piperidine rings is 1. The molecule has 1 saturated heterocycles. The minimum absolute atomic E-state index is 0.140. The van der Waals surface area contributed by atoms with Crippen LogP contribution in [-0.4, -0.2) is 52.6 Å². The number of ether oxygens (including phenoxy) is 1. The molecule has 1 aliphatic rings. The molecule has 1 aliphatic heterocycles. The van der Waals surface area contributed by atoms with Gasteiger partial charge in [0.15, 0.2) is 0 Å². The van der Waals surface area contributed by atoms with E-state index < -0.39 is 0 Å². The smallest absolute Gasteiger partial charge is 0.409 e. The average Bonchev–Trinajstić information content (AvgIpc) is 2.70. The Balaban J connectivity index is 1.55. The molecule has 3 rings (SSSR count). The molecule has 8 heteroatoms. The van der Waals surface area contributed by atoms with E-state index in [2.05, 4.69) is 20.6 Å². The van der Waals surface area contributed by atoms with E-state index in [9.17, 15) is 9.59 Å². The zero-order valence-corrected chi connectivity index (χ0v) is 16.1. The van der Waals surface area contributed by atoms with Crippen molar-refractivity contribution >= 4 is 23.6 Å². The van der Waals surface area contributed by atoms with E-state index in [4.69, 9.17) is 4.74 Å². The third-order valence-electron chi connectivity index (χ3n) is 4.55. The molecular weight excluding hydrogens is 358 g/mol. The average molecular weight is 383 g/mol. The van der Waals surface area contributed by atoms with Gasteiger partial charge in [0, 0.05) is 31.0 Å². The quantitative estimate of drug-likeness (QED) is 0.824. The van der Waals surface area contributed by atoms with E-state index in [1.54, 1.807) is 24.1 Å². The monoisotopic (exact) mass is 383 g/mol.